The molecule has 28 heavy (non-hydrogen) atoms. The SMILES string of the molecule is CCN(CC)S(=O)(=O)c1ccc(CNC(=O)c2cccc(NC(C)=O)c2)cc1. The summed E-state index contributed by atoms with van der Waals surface area (Å²) in [6, 6.07) is 13.1. The monoisotopic (exact) mass is 403 g/mol. The van der Waals surface area contributed by atoms with Crippen LogP contribution >= 0.6 is 0 Å². The van der Waals surface area contributed by atoms with Crippen LogP contribution in [0.4, 0.5) is 5.69 Å². The normalized spacial score (nSPS) is 11.3. The number of anilines is 1. The van der Waals surface area contributed by atoms with Crippen LogP contribution in [0.15, 0.2) is 53.4 Å². The fourth-order valence-electron chi connectivity index (χ4n) is 2.72. The van der Waals surface area contributed by atoms with Crippen molar-refractivity contribution in [1.82, 2.24) is 9.62 Å². The third-order valence-corrected chi connectivity index (χ3v) is 6.23. The van der Waals surface area contributed by atoms with Gasteiger partial charge in [-0.1, -0.05) is 32.0 Å². The van der Waals surface area contributed by atoms with E-state index in [2.05, 4.69) is 10.6 Å². The standard InChI is InChI=1S/C20H25N3O4S/c1-4-23(5-2)28(26,27)19-11-9-16(10-12-19)14-21-20(25)17-7-6-8-18(13-17)22-15(3)24/h6-13H,4-5,14H2,1-3H3,(H,21,25)(H,22,24). The zero-order valence-corrected chi connectivity index (χ0v) is 17.0. The predicted octanol–water partition coefficient (Wildman–Crippen LogP) is 2.61. The molecule has 2 aromatic rings. The molecule has 8 heteroatoms. The smallest absolute Gasteiger partial charge is 0.251 e. The van der Waals surface area contributed by atoms with E-state index >= 15 is 0 Å². The highest BCUT2D eigenvalue weighted by Crippen LogP contribution is 2.16. The van der Waals surface area contributed by atoms with E-state index in [1.165, 1.54) is 11.2 Å². The van der Waals surface area contributed by atoms with Crippen molar-refractivity contribution in [2.45, 2.75) is 32.2 Å². The van der Waals surface area contributed by atoms with Gasteiger partial charge in [0.2, 0.25) is 15.9 Å². The Bertz CT molecular complexity index is 936. The van der Waals surface area contributed by atoms with Crippen LogP contribution in [0, 0.1) is 0 Å². The topological polar surface area (TPSA) is 95.6 Å². The molecule has 0 bridgehead atoms. The molecule has 0 aliphatic rings. The highest BCUT2D eigenvalue weighted by Gasteiger charge is 2.21. The summed E-state index contributed by atoms with van der Waals surface area (Å²) < 4.78 is 26.4. The Morgan fingerprint density at radius 3 is 2.21 bits per heavy atom. The second-order valence-electron chi connectivity index (χ2n) is 6.18. The molecule has 2 rings (SSSR count). The summed E-state index contributed by atoms with van der Waals surface area (Å²) in [7, 11) is -3.50. The summed E-state index contributed by atoms with van der Waals surface area (Å²) in [6.45, 7) is 6.08. The van der Waals surface area contributed by atoms with Crippen LogP contribution in [0.1, 0.15) is 36.7 Å². The molecule has 0 aliphatic heterocycles. The van der Waals surface area contributed by atoms with Gasteiger partial charge in [-0.2, -0.15) is 4.31 Å². The minimum Gasteiger partial charge on any atom is -0.348 e. The first-order valence-corrected chi connectivity index (χ1v) is 10.5. The Balaban J connectivity index is 2.03. The van der Waals surface area contributed by atoms with Gasteiger partial charge in [0.15, 0.2) is 0 Å². The van der Waals surface area contributed by atoms with Gasteiger partial charge < -0.3 is 10.6 Å². The first-order valence-electron chi connectivity index (χ1n) is 9.02. The first-order chi connectivity index (χ1) is 13.3. The second-order valence-corrected chi connectivity index (χ2v) is 8.12. The van der Waals surface area contributed by atoms with Gasteiger partial charge in [-0.3, -0.25) is 9.59 Å². The molecular weight excluding hydrogens is 378 g/mol. The van der Waals surface area contributed by atoms with Crippen molar-refractivity contribution in [2.24, 2.45) is 0 Å². The van der Waals surface area contributed by atoms with Crippen molar-refractivity contribution >= 4 is 27.5 Å². The highest BCUT2D eigenvalue weighted by molar-refractivity contribution is 7.89. The molecule has 0 aliphatic carbocycles. The number of nitrogens with one attached hydrogen (secondary N) is 2. The molecule has 0 atom stereocenters. The van der Waals surface area contributed by atoms with Gasteiger partial charge in [-0.25, -0.2) is 8.42 Å². The van der Waals surface area contributed by atoms with Crippen LogP contribution in [-0.4, -0.2) is 37.6 Å². The van der Waals surface area contributed by atoms with Crippen LogP contribution in [0.5, 0.6) is 0 Å². The Morgan fingerprint density at radius 1 is 1.00 bits per heavy atom. The number of benzene rings is 2. The number of hydrogen-bond donors (Lipinski definition) is 2. The van der Waals surface area contributed by atoms with E-state index in [1.54, 1.807) is 62.4 Å². The van der Waals surface area contributed by atoms with Gasteiger partial charge in [-0.05, 0) is 35.9 Å². The molecule has 0 unspecified atom stereocenters. The third kappa shape index (κ3) is 5.40. The Kier molecular flexibility index (Phi) is 7.31. The number of nitrogens with zero attached hydrogens (tertiary/aromatic N) is 1. The quantitative estimate of drug-likeness (QED) is 0.708. The number of sulfonamides is 1. The summed E-state index contributed by atoms with van der Waals surface area (Å²) in [5, 5.41) is 5.42. The first kappa shape index (κ1) is 21.6. The third-order valence-electron chi connectivity index (χ3n) is 4.16. The van der Waals surface area contributed by atoms with Crippen molar-refractivity contribution in [3.05, 3.63) is 59.7 Å². The molecule has 150 valence electrons. The Hall–Kier alpha value is -2.71. The van der Waals surface area contributed by atoms with Gasteiger partial charge in [0, 0.05) is 37.8 Å². The molecular formula is C20H25N3O4S. The minimum absolute atomic E-state index is 0.211. The number of hydrogen-bond acceptors (Lipinski definition) is 4. The summed E-state index contributed by atoms with van der Waals surface area (Å²) >= 11 is 0. The molecule has 2 aromatic carbocycles. The lowest BCUT2D eigenvalue weighted by atomic mass is 10.1. The average molecular weight is 404 g/mol. The van der Waals surface area contributed by atoms with Crippen LogP contribution in [0.25, 0.3) is 0 Å². The molecule has 0 heterocycles. The molecule has 0 saturated heterocycles. The van der Waals surface area contributed by atoms with E-state index < -0.39 is 10.0 Å². The number of carbonyl (C=O) groups is 2. The van der Waals surface area contributed by atoms with Crippen molar-refractivity contribution in [1.29, 1.82) is 0 Å². The van der Waals surface area contributed by atoms with Crippen LogP contribution < -0.4 is 10.6 Å². The van der Waals surface area contributed by atoms with Gasteiger partial charge in [0.25, 0.3) is 5.91 Å². The average Bonchev–Trinajstić information content (AvgIpc) is 2.67. The molecule has 7 nitrogen and oxygen atoms in total. The van der Waals surface area contributed by atoms with Crippen molar-refractivity contribution in [3.63, 3.8) is 0 Å². The molecule has 0 aromatic heterocycles. The zero-order valence-electron chi connectivity index (χ0n) is 16.2. The molecule has 2 N–H and O–H groups in total. The van der Waals surface area contributed by atoms with Crippen LogP contribution in [-0.2, 0) is 21.4 Å². The molecule has 2 amide bonds. The lowest BCUT2D eigenvalue weighted by molar-refractivity contribution is -0.114. The largest absolute Gasteiger partial charge is 0.348 e. The number of amides is 2. The maximum absolute atomic E-state index is 12.5. The van der Waals surface area contributed by atoms with Crippen LogP contribution in [0.3, 0.4) is 0 Å². The maximum atomic E-state index is 12.5. The molecule has 0 fully saturated rings. The fraction of sp³-hybridized carbons (Fsp3) is 0.300. The lowest BCUT2D eigenvalue weighted by Crippen LogP contribution is -2.30. The number of carbonyl (C=O) groups excluding carboxylic acids is 2. The van der Waals surface area contributed by atoms with E-state index in [1.807, 2.05) is 0 Å². The predicted molar refractivity (Wildman–Crippen MR) is 108 cm³/mol. The van der Waals surface area contributed by atoms with Gasteiger partial charge in [-0.15, -0.1) is 0 Å². The molecule has 0 spiro atoms. The van der Waals surface area contributed by atoms with Gasteiger partial charge >= 0.3 is 0 Å². The summed E-state index contributed by atoms with van der Waals surface area (Å²) in [5.41, 5.74) is 1.75. The molecule has 0 saturated carbocycles. The Labute approximate surface area is 165 Å². The van der Waals surface area contributed by atoms with Crippen LogP contribution in [0.2, 0.25) is 0 Å². The molecule has 0 radical (unpaired) electrons. The maximum Gasteiger partial charge on any atom is 0.251 e. The van der Waals surface area contributed by atoms with E-state index in [0.717, 1.165) is 5.56 Å². The fourth-order valence-corrected chi connectivity index (χ4v) is 4.18. The number of rotatable bonds is 8. The van der Waals surface area contributed by atoms with E-state index in [9.17, 15) is 18.0 Å². The van der Waals surface area contributed by atoms with Gasteiger partial charge in [0.1, 0.15) is 0 Å². The Morgan fingerprint density at radius 2 is 1.64 bits per heavy atom. The van der Waals surface area contributed by atoms with Crippen molar-refractivity contribution < 1.29 is 18.0 Å². The van der Waals surface area contributed by atoms with Crippen molar-refractivity contribution in [2.75, 3.05) is 18.4 Å². The summed E-state index contributed by atoms with van der Waals surface area (Å²) in [6.07, 6.45) is 0. The van der Waals surface area contributed by atoms with Gasteiger partial charge in [0.05, 0.1) is 4.90 Å². The zero-order chi connectivity index (χ0) is 20.7. The van der Waals surface area contributed by atoms with E-state index in [4.69, 9.17) is 0 Å². The van der Waals surface area contributed by atoms with Crippen molar-refractivity contribution in [3.8, 4) is 0 Å². The second kappa shape index (κ2) is 9.48. The summed E-state index contributed by atoms with van der Waals surface area (Å²) in [4.78, 5) is 23.7. The lowest BCUT2D eigenvalue weighted by Gasteiger charge is -2.18. The minimum atomic E-state index is -3.50. The summed E-state index contributed by atoms with van der Waals surface area (Å²) in [5.74, 6) is -0.496. The van der Waals surface area contributed by atoms with E-state index in [-0.39, 0.29) is 23.3 Å². The van der Waals surface area contributed by atoms with E-state index in [0.29, 0.717) is 24.3 Å². The highest BCUT2D eigenvalue weighted by atomic mass is 32.2.